The summed E-state index contributed by atoms with van der Waals surface area (Å²) >= 11 is 0. The number of anilines is 3. The van der Waals surface area contributed by atoms with Crippen molar-refractivity contribution >= 4 is 23.1 Å². The van der Waals surface area contributed by atoms with Gasteiger partial charge in [-0.3, -0.25) is 4.79 Å². The summed E-state index contributed by atoms with van der Waals surface area (Å²) in [5.41, 5.74) is 2.42. The van der Waals surface area contributed by atoms with Crippen molar-refractivity contribution in [2.24, 2.45) is 0 Å². The maximum atomic E-state index is 12.3. The molecule has 2 N–H and O–H groups in total. The number of morpholine rings is 1. The van der Waals surface area contributed by atoms with Crippen molar-refractivity contribution in [2.75, 3.05) is 43.1 Å². The predicted molar refractivity (Wildman–Crippen MR) is 107 cm³/mol. The van der Waals surface area contributed by atoms with Gasteiger partial charge >= 0.3 is 0 Å². The molecule has 144 valence electrons. The molecule has 0 unspecified atom stereocenters. The summed E-state index contributed by atoms with van der Waals surface area (Å²) in [5.74, 6) is 0.433. The van der Waals surface area contributed by atoms with Crippen LogP contribution in [0.5, 0.6) is 0 Å². The van der Waals surface area contributed by atoms with Crippen LogP contribution >= 0.6 is 0 Å². The molecule has 1 amide bonds. The summed E-state index contributed by atoms with van der Waals surface area (Å²) in [6.45, 7) is 5.97. The predicted octanol–water partition coefficient (Wildman–Crippen LogP) is 2.98. The third-order valence-corrected chi connectivity index (χ3v) is 4.48. The molecule has 1 saturated heterocycles. The molecule has 0 radical (unpaired) electrons. The normalized spacial score (nSPS) is 14.0. The van der Waals surface area contributed by atoms with Crippen molar-refractivity contribution in [1.82, 2.24) is 15.3 Å². The Morgan fingerprint density at radius 2 is 2.00 bits per heavy atom. The monoisotopic (exact) mass is 369 g/mol. The Hall–Kier alpha value is -2.67. The Balaban J connectivity index is 1.68. The summed E-state index contributed by atoms with van der Waals surface area (Å²) in [5, 5.41) is 6.24. The number of amides is 1. The number of rotatable bonds is 8. The van der Waals surface area contributed by atoms with Crippen LogP contribution in [0.4, 0.5) is 17.2 Å². The minimum Gasteiger partial charge on any atom is -0.378 e. The van der Waals surface area contributed by atoms with Crippen molar-refractivity contribution in [2.45, 2.75) is 26.2 Å². The SMILES string of the molecule is CCCCCNC(=O)c1cc(Nc2ccccc2N2CCOCC2)ncn1. The number of aromatic nitrogens is 2. The number of hydrogen-bond donors (Lipinski definition) is 2. The van der Waals surface area contributed by atoms with Gasteiger partial charge < -0.3 is 20.3 Å². The van der Waals surface area contributed by atoms with Crippen molar-refractivity contribution in [3.8, 4) is 0 Å². The van der Waals surface area contributed by atoms with Gasteiger partial charge in [0, 0.05) is 25.7 Å². The second kappa shape index (κ2) is 9.87. The molecule has 0 saturated carbocycles. The van der Waals surface area contributed by atoms with E-state index in [1.165, 1.54) is 6.33 Å². The topological polar surface area (TPSA) is 79.4 Å². The quantitative estimate of drug-likeness (QED) is 0.697. The zero-order chi connectivity index (χ0) is 18.9. The van der Waals surface area contributed by atoms with E-state index < -0.39 is 0 Å². The molecule has 1 aliphatic rings. The second-order valence-electron chi connectivity index (χ2n) is 6.49. The van der Waals surface area contributed by atoms with Gasteiger partial charge in [0.05, 0.1) is 24.6 Å². The van der Waals surface area contributed by atoms with E-state index in [-0.39, 0.29) is 5.91 Å². The van der Waals surface area contributed by atoms with Crippen LogP contribution < -0.4 is 15.5 Å². The number of carbonyl (C=O) groups is 1. The van der Waals surface area contributed by atoms with E-state index in [4.69, 9.17) is 4.74 Å². The first-order valence-corrected chi connectivity index (χ1v) is 9.57. The lowest BCUT2D eigenvalue weighted by atomic mass is 10.2. The number of unbranched alkanes of at least 4 members (excludes halogenated alkanes) is 2. The Kier molecular flexibility index (Phi) is 6.98. The summed E-state index contributed by atoms with van der Waals surface area (Å²) in [6, 6.07) is 9.78. The number of carbonyl (C=O) groups excluding carboxylic acids is 1. The van der Waals surface area contributed by atoms with Gasteiger partial charge in [-0.15, -0.1) is 0 Å². The Morgan fingerprint density at radius 1 is 1.19 bits per heavy atom. The van der Waals surface area contributed by atoms with Gasteiger partial charge in [0.1, 0.15) is 17.8 Å². The molecule has 7 nitrogen and oxygen atoms in total. The molecule has 3 rings (SSSR count). The highest BCUT2D eigenvalue weighted by molar-refractivity contribution is 5.93. The van der Waals surface area contributed by atoms with Gasteiger partial charge in [0.25, 0.3) is 5.91 Å². The van der Waals surface area contributed by atoms with Crippen LogP contribution in [0.2, 0.25) is 0 Å². The van der Waals surface area contributed by atoms with E-state index in [0.29, 0.717) is 18.1 Å². The molecule has 0 aliphatic carbocycles. The first-order valence-electron chi connectivity index (χ1n) is 9.57. The smallest absolute Gasteiger partial charge is 0.270 e. The molecule has 1 aromatic carbocycles. The standard InChI is InChI=1S/C20H27N5O2/c1-2-3-6-9-21-20(26)17-14-19(23-15-22-17)24-16-7-4-5-8-18(16)25-10-12-27-13-11-25/h4-5,7-8,14-15H,2-3,6,9-13H2,1H3,(H,21,26)(H,22,23,24). The average Bonchev–Trinajstić information content (AvgIpc) is 2.72. The molecule has 0 atom stereocenters. The van der Waals surface area contributed by atoms with Crippen LogP contribution in [0.25, 0.3) is 0 Å². The summed E-state index contributed by atoms with van der Waals surface area (Å²) in [7, 11) is 0. The maximum absolute atomic E-state index is 12.3. The third-order valence-electron chi connectivity index (χ3n) is 4.48. The average molecular weight is 369 g/mol. The van der Waals surface area contributed by atoms with E-state index in [1.54, 1.807) is 6.07 Å². The fraction of sp³-hybridized carbons (Fsp3) is 0.450. The lowest BCUT2D eigenvalue weighted by molar-refractivity contribution is 0.0948. The first kappa shape index (κ1) is 19.1. The third kappa shape index (κ3) is 5.40. The van der Waals surface area contributed by atoms with E-state index in [0.717, 1.165) is 56.9 Å². The van der Waals surface area contributed by atoms with Crippen molar-refractivity contribution in [3.63, 3.8) is 0 Å². The van der Waals surface area contributed by atoms with Gasteiger partial charge in [-0.05, 0) is 18.6 Å². The number of para-hydroxylation sites is 2. The van der Waals surface area contributed by atoms with Gasteiger partial charge in [-0.2, -0.15) is 0 Å². The van der Waals surface area contributed by atoms with Gasteiger partial charge in [0.2, 0.25) is 0 Å². The summed E-state index contributed by atoms with van der Waals surface area (Å²) < 4.78 is 5.44. The number of benzene rings is 1. The lowest BCUT2D eigenvalue weighted by Crippen LogP contribution is -2.36. The molecule has 1 aliphatic heterocycles. The van der Waals surface area contributed by atoms with Crippen LogP contribution in [-0.4, -0.2) is 48.7 Å². The van der Waals surface area contributed by atoms with Crippen LogP contribution in [0.1, 0.15) is 36.7 Å². The number of nitrogens with zero attached hydrogens (tertiary/aromatic N) is 3. The fourth-order valence-corrected chi connectivity index (χ4v) is 3.01. The molecule has 2 aromatic rings. The van der Waals surface area contributed by atoms with E-state index in [1.807, 2.05) is 18.2 Å². The molecule has 27 heavy (non-hydrogen) atoms. The van der Waals surface area contributed by atoms with Gasteiger partial charge in [-0.1, -0.05) is 31.9 Å². The van der Waals surface area contributed by atoms with Crippen molar-refractivity contribution < 1.29 is 9.53 Å². The number of ether oxygens (including phenoxy) is 1. The Bertz CT molecular complexity index is 747. The maximum Gasteiger partial charge on any atom is 0.270 e. The molecular weight excluding hydrogens is 342 g/mol. The van der Waals surface area contributed by atoms with Crippen LogP contribution in [0.3, 0.4) is 0 Å². The zero-order valence-electron chi connectivity index (χ0n) is 15.8. The van der Waals surface area contributed by atoms with E-state index in [2.05, 4.69) is 38.5 Å². The lowest BCUT2D eigenvalue weighted by Gasteiger charge is -2.30. The van der Waals surface area contributed by atoms with Gasteiger partial charge in [0.15, 0.2) is 0 Å². The fourth-order valence-electron chi connectivity index (χ4n) is 3.01. The zero-order valence-corrected chi connectivity index (χ0v) is 15.8. The highest BCUT2D eigenvalue weighted by atomic mass is 16.5. The van der Waals surface area contributed by atoms with Crippen LogP contribution in [-0.2, 0) is 4.74 Å². The summed E-state index contributed by atoms with van der Waals surface area (Å²) in [6.07, 6.45) is 4.63. The first-order chi connectivity index (χ1) is 13.3. The minimum atomic E-state index is -0.169. The van der Waals surface area contributed by atoms with Gasteiger partial charge in [-0.25, -0.2) is 9.97 Å². The van der Waals surface area contributed by atoms with Crippen molar-refractivity contribution in [3.05, 3.63) is 42.4 Å². The second-order valence-corrected chi connectivity index (χ2v) is 6.49. The van der Waals surface area contributed by atoms with Crippen molar-refractivity contribution in [1.29, 1.82) is 0 Å². The Labute approximate surface area is 160 Å². The summed E-state index contributed by atoms with van der Waals surface area (Å²) in [4.78, 5) is 22.9. The van der Waals surface area contributed by atoms with E-state index in [9.17, 15) is 4.79 Å². The highest BCUT2D eigenvalue weighted by Gasteiger charge is 2.15. The van der Waals surface area contributed by atoms with Crippen LogP contribution in [0, 0.1) is 0 Å². The van der Waals surface area contributed by atoms with Crippen LogP contribution in [0.15, 0.2) is 36.7 Å². The highest BCUT2D eigenvalue weighted by Crippen LogP contribution is 2.28. The number of nitrogens with one attached hydrogen (secondary N) is 2. The minimum absolute atomic E-state index is 0.169. The molecule has 1 aromatic heterocycles. The molecular formula is C20H27N5O2. The molecule has 0 bridgehead atoms. The largest absolute Gasteiger partial charge is 0.378 e. The van der Waals surface area contributed by atoms with E-state index >= 15 is 0 Å². The number of hydrogen-bond acceptors (Lipinski definition) is 6. The molecule has 7 heteroatoms. The molecule has 0 spiro atoms. The molecule has 1 fully saturated rings. The molecule has 2 heterocycles. The Morgan fingerprint density at radius 3 is 2.81 bits per heavy atom.